The number of nitriles is 1. The molecular formula is C16H12N2O2. The Labute approximate surface area is 116 Å². The van der Waals surface area contributed by atoms with Crippen LogP contribution in [0.3, 0.4) is 0 Å². The molecule has 1 N–H and O–H groups in total. The van der Waals surface area contributed by atoms with E-state index in [4.69, 9.17) is 10.00 Å². The molecule has 2 aromatic carbocycles. The first-order valence-electron chi connectivity index (χ1n) is 6.30. The van der Waals surface area contributed by atoms with E-state index < -0.39 is 0 Å². The molecule has 2 aromatic rings. The smallest absolute Gasteiger partial charge is 0.251 e. The van der Waals surface area contributed by atoms with Gasteiger partial charge in [-0.15, -0.1) is 0 Å². The zero-order chi connectivity index (χ0) is 13.9. The van der Waals surface area contributed by atoms with Gasteiger partial charge in [0, 0.05) is 11.1 Å². The molecule has 0 radical (unpaired) electrons. The number of hydrogen-bond donors (Lipinski definition) is 1. The molecule has 0 spiro atoms. The Morgan fingerprint density at radius 3 is 2.70 bits per heavy atom. The lowest BCUT2D eigenvalue weighted by atomic mass is 10.1. The van der Waals surface area contributed by atoms with Crippen molar-refractivity contribution in [2.45, 2.75) is 6.04 Å². The number of nitrogens with zero attached hydrogens (tertiary/aromatic N) is 1. The van der Waals surface area contributed by atoms with Crippen molar-refractivity contribution in [1.29, 1.82) is 5.26 Å². The Morgan fingerprint density at radius 1 is 1.20 bits per heavy atom. The summed E-state index contributed by atoms with van der Waals surface area (Å²) in [4.78, 5) is 12.2. The third kappa shape index (κ3) is 2.21. The van der Waals surface area contributed by atoms with E-state index in [0.29, 0.717) is 17.7 Å². The van der Waals surface area contributed by atoms with E-state index in [2.05, 4.69) is 5.32 Å². The Balaban J connectivity index is 1.75. The molecule has 1 atom stereocenters. The molecule has 0 saturated heterocycles. The zero-order valence-electron chi connectivity index (χ0n) is 10.7. The summed E-state index contributed by atoms with van der Waals surface area (Å²) in [6.45, 7) is 0.446. The van der Waals surface area contributed by atoms with Gasteiger partial charge in [-0.1, -0.05) is 18.2 Å². The van der Waals surface area contributed by atoms with E-state index >= 15 is 0 Å². The van der Waals surface area contributed by atoms with Gasteiger partial charge in [-0.3, -0.25) is 4.79 Å². The predicted molar refractivity (Wildman–Crippen MR) is 73.3 cm³/mol. The molecule has 20 heavy (non-hydrogen) atoms. The number of para-hydroxylation sites is 1. The molecule has 1 unspecified atom stereocenters. The van der Waals surface area contributed by atoms with Crippen LogP contribution in [0.25, 0.3) is 0 Å². The van der Waals surface area contributed by atoms with Crippen molar-refractivity contribution in [3.05, 3.63) is 65.2 Å². The van der Waals surface area contributed by atoms with Crippen LogP contribution in [0, 0.1) is 11.3 Å². The monoisotopic (exact) mass is 264 g/mol. The topological polar surface area (TPSA) is 62.1 Å². The third-order valence-electron chi connectivity index (χ3n) is 3.28. The Bertz CT molecular complexity index is 686. The normalized spacial score (nSPS) is 15.8. The van der Waals surface area contributed by atoms with E-state index in [-0.39, 0.29) is 11.9 Å². The van der Waals surface area contributed by atoms with E-state index in [9.17, 15) is 4.79 Å². The van der Waals surface area contributed by atoms with E-state index in [1.807, 2.05) is 30.3 Å². The molecule has 0 aliphatic carbocycles. The molecule has 0 bridgehead atoms. The summed E-state index contributed by atoms with van der Waals surface area (Å²) in [6.07, 6.45) is 0. The second kappa shape index (κ2) is 5.06. The van der Waals surface area contributed by atoms with Crippen molar-refractivity contribution >= 4 is 5.91 Å². The van der Waals surface area contributed by atoms with Gasteiger partial charge in [0.25, 0.3) is 5.91 Å². The van der Waals surface area contributed by atoms with Crippen LogP contribution in [0.15, 0.2) is 48.5 Å². The van der Waals surface area contributed by atoms with Gasteiger partial charge < -0.3 is 10.1 Å². The van der Waals surface area contributed by atoms with Crippen molar-refractivity contribution in [1.82, 2.24) is 5.32 Å². The van der Waals surface area contributed by atoms with Gasteiger partial charge in [-0.05, 0) is 30.3 Å². The van der Waals surface area contributed by atoms with Gasteiger partial charge in [0.15, 0.2) is 0 Å². The van der Waals surface area contributed by atoms with Crippen LogP contribution < -0.4 is 10.1 Å². The Morgan fingerprint density at radius 2 is 1.95 bits per heavy atom. The highest BCUT2D eigenvalue weighted by Crippen LogP contribution is 2.31. The standard InChI is InChI=1S/C16H12N2O2/c17-9-11-5-7-12(8-6-11)16(19)18-14-10-20-15-4-2-1-3-13(14)15/h1-8,14H,10H2,(H,18,19). The molecule has 1 aliphatic rings. The highest BCUT2D eigenvalue weighted by molar-refractivity contribution is 5.94. The van der Waals surface area contributed by atoms with E-state index in [0.717, 1.165) is 11.3 Å². The van der Waals surface area contributed by atoms with Gasteiger partial charge in [0.1, 0.15) is 12.4 Å². The number of benzene rings is 2. The first-order chi connectivity index (χ1) is 9.78. The quantitative estimate of drug-likeness (QED) is 0.906. The van der Waals surface area contributed by atoms with Crippen LogP contribution in [-0.2, 0) is 0 Å². The van der Waals surface area contributed by atoms with Crippen molar-refractivity contribution < 1.29 is 9.53 Å². The molecular weight excluding hydrogens is 252 g/mol. The fourth-order valence-corrected chi connectivity index (χ4v) is 2.22. The summed E-state index contributed by atoms with van der Waals surface area (Å²) in [5.41, 5.74) is 2.07. The molecule has 0 saturated carbocycles. The number of carbonyl (C=O) groups excluding carboxylic acids is 1. The molecule has 0 fully saturated rings. The minimum Gasteiger partial charge on any atom is -0.491 e. The average Bonchev–Trinajstić information content (AvgIpc) is 2.91. The molecule has 3 rings (SSSR count). The maximum Gasteiger partial charge on any atom is 0.251 e. The summed E-state index contributed by atoms with van der Waals surface area (Å²) in [6, 6.07) is 16.1. The Kier molecular flexibility index (Phi) is 3.10. The highest BCUT2D eigenvalue weighted by atomic mass is 16.5. The highest BCUT2D eigenvalue weighted by Gasteiger charge is 2.25. The lowest BCUT2D eigenvalue weighted by Crippen LogP contribution is -2.29. The SMILES string of the molecule is N#Cc1ccc(C(=O)NC2COc3ccccc32)cc1. The van der Waals surface area contributed by atoms with Crippen LogP contribution in [-0.4, -0.2) is 12.5 Å². The van der Waals surface area contributed by atoms with Gasteiger partial charge in [0.2, 0.25) is 0 Å². The summed E-state index contributed by atoms with van der Waals surface area (Å²) < 4.78 is 5.53. The lowest BCUT2D eigenvalue weighted by Gasteiger charge is -2.11. The first-order valence-corrected chi connectivity index (χ1v) is 6.30. The molecule has 1 aliphatic heterocycles. The number of amides is 1. The average molecular weight is 264 g/mol. The number of ether oxygens (including phenoxy) is 1. The fraction of sp³-hybridized carbons (Fsp3) is 0.125. The van der Waals surface area contributed by atoms with E-state index in [1.54, 1.807) is 24.3 Å². The lowest BCUT2D eigenvalue weighted by molar-refractivity contribution is 0.0930. The molecule has 4 heteroatoms. The maximum atomic E-state index is 12.2. The third-order valence-corrected chi connectivity index (χ3v) is 3.28. The van der Waals surface area contributed by atoms with Crippen LogP contribution in [0.2, 0.25) is 0 Å². The second-order valence-electron chi connectivity index (χ2n) is 4.56. The van der Waals surface area contributed by atoms with E-state index in [1.165, 1.54) is 0 Å². The van der Waals surface area contributed by atoms with Crippen molar-refractivity contribution in [2.75, 3.05) is 6.61 Å². The molecule has 1 amide bonds. The Hall–Kier alpha value is -2.80. The number of fused-ring (bicyclic) bond motifs is 1. The number of nitrogens with one attached hydrogen (secondary N) is 1. The summed E-state index contributed by atoms with van der Waals surface area (Å²) in [7, 11) is 0. The maximum absolute atomic E-state index is 12.2. The minimum atomic E-state index is -0.167. The first kappa shape index (κ1) is 12.2. The molecule has 1 heterocycles. The van der Waals surface area contributed by atoms with Gasteiger partial charge >= 0.3 is 0 Å². The number of hydrogen-bond acceptors (Lipinski definition) is 3. The van der Waals surface area contributed by atoms with Gasteiger partial charge in [0.05, 0.1) is 17.7 Å². The molecule has 4 nitrogen and oxygen atoms in total. The van der Waals surface area contributed by atoms with Crippen LogP contribution in [0.4, 0.5) is 0 Å². The summed E-state index contributed by atoms with van der Waals surface area (Å²) in [5, 5.41) is 11.7. The number of carbonyl (C=O) groups is 1. The molecule has 98 valence electrons. The minimum absolute atomic E-state index is 0.130. The van der Waals surface area contributed by atoms with Gasteiger partial charge in [-0.25, -0.2) is 0 Å². The predicted octanol–water partition coefficient (Wildman–Crippen LogP) is 2.42. The van der Waals surface area contributed by atoms with Crippen molar-refractivity contribution in [3.8, 4) is 11.8 Å². The van der Waals surface area contributed by atoms with Gasteiger partial charge in [-0.2, -0.15) is 5.26 Å². The molecule has 0 aromatic heterocycles. The van der Waals surface area contributed by atoms with Crippen LogP contribution in [0.1, 0.15) is 27.5 Å². The largest absolute Gasteiger partial charge is 0.491 e. The van der Waals surface area contributed by atoms with Crippen molar-refractivity contribution in [2.24, 2.45) is 0 Å². The van der Waals surface area contributed by atoms with Crippen LogP contribution in [0.5, 0.6) is 5.75 Å². The number of rotatable bonds is 2. The second-order valence-corrected chi connectivity index (χ2v) is 4.56. The van der Waals surface area contributed by atoms with Crippen LogP contribution >= 0.6 is 0 Å². The zero-order valence-corrected chi connectivity index (χ0v) is 10.7. The summed E-state index contributed by atoms with van der Waals surface area (Å²) in [5.74, 6) is 0.650. The fourth-order valence-electron chi connectivity index (χ4n) is 2.22. The van der Waals surface area contributed by atoms with Crippen molar-refractivity contribution in [3.63, 3.8) is 0 Å². The summed E-state index contributed by atoms with van der Waals surface area (Å²) >= 11 is 0.